The highest BCUT2D eigenvalue weighted by atomic mass is 79.9. The average Bonchev–Trinajstić information content (AvgIpc) is 2.56. The van der Waals surface area contributed by atoms with Crippen LogP contribution in [0.2, 0.25) is 0 Å². The molecule has 0 aromatic heterocycles. The lowest BCUT2D eigenvalue weighted by atomic mass is 10.0. The molecule has 3 aromatic carbocycles. The minimum Gasteiger partial charge on any atom is -0.321 e. The molecule has 3 heteroatoms. The van der Waals surface area contributed by atoms with E-state index >= 15 is 0 Å². The molecule has 1 amide bonds. The Labute approximate surface area is 137 Å². The second-order valence-electron chi connectivity index (χ2n) is 4.85. The quantitative estimate of drug-likeness (QED) is 0.675. The molecule has 0 saturated carbocycles. The lowest BCUT2D eigenvalue weighted by molar-refractivity contribution is 0.102. The topological polar surface area (TPSA) is 29.1 Å². The Bertz CT molecular complexity index is 799. The molecule has 0 fully saturated rings. The summed E-state index contributed by atoms with van der Waals surface area (Å²) in [7, 11) is 0. The molecule has 3 rings (SSSR count). The molecule has 1 N–H and O–H groups in total. The maximum absolute atomic E-state index is 12.5. The number of benzene rings is 3. The molecule has 0 radical (unpaired) electrons. The SMILES string of the molecule is O=C(Nc1ccccc1-c1ccccc1)c1ccccc1Br. The van der Waals surface area contributed by atoms with E-state index in [1.807, 2.05) is 72.8 Å². The van der Waals surface area contributed by atoms with Crippen LogP contribution >= 0.6 is 15.9 Å². The van der Waals surface area contributed by atoms with Gasteiger partial charge < -0.3 is 5.32 Å². The summed E-state index contributed by atoms with van der Waals surface area (Å²) in [6, 6.07) is 25.2. The van der Waals surface area contributed by atoms with Crippen LogP contribution in [0.4, 0.5) is 5.69 Å². The monoisotopic (exact) mass is 351 g/mol. The largest absolute Gasteiger partial charge is 0.321 e. The molecule has 0 bridgehead atoms. The van der Waals surface area contributed by atoms with Crippen molar-refractivity contribution >= 4 is 27.5 Å². The zero-order valence-electron chi connectivity index (χ0n) is 11.8. The van der Waals surface area contributed by atoms with E-state index < -0.39 is 0 Å². The first kappa shape index (κ1) is 14.5. The molecule has 108 valence electrons. The van der Waals surface area contributed by atoms with E-state index in [9.17, 15) is 4.79 Å². The maximum atomic E-state index is 12.5. The standard InChI is InChI=1S/C19H14BrNO/c20-17-12-6-4-11-16(17)19(22)21-18-13-7-5-10-15(18)14-8-2-1-3-9-14/h1-13H,(H,21,22). The van der Waals surface area contributed by atoms with E-state index in [1.54, 1.807) is 6.07 Å². The van der Waals surface area contributed by atoms with Crippen molar-refractivity contribution in [2.75, 3.05) is 5.32 Å². The van der Waals surface area contributed by atoms with Gasteiger partial charge in [-0.3, -0.25) is 4.79 Å². The minimum atomic E-state index is -0.129. The van der Waals surface area contributed by atoms with E-state index in [4.69, 9.17) is 0 Å². The van der Waals surface area contributed by atoms with Crippen molar-refractivity contribution in [3.63, 3.8) is 0 Å². The van der Waals surface area contributed by atoms with Crippen LogP contribution in [0.25, 0.3) is 11.1 Å². The van der Waals surface area contributed by atoms with Gasteiger partial charge in [-0.25, -0.2) is 0 Å². The molecule has 2 nitrogen and oxygen atoms in total. The third kappa shape index (κ3) is 3.10. The number of hydrogen-bond acceptors (Lipinski definition) is 1. The number of nitrogens with one attached hydrogen (secondary N) is 1. The first-order valence-corrected chi connectivity index (χ1v) is 7.75. The Hall–Kier alpha value is -2.39. The van der Waals surface area contributed by atoms with Crippen LogP contribution < -0.4 is 5.32 Å². The van der Waals surface area contributed by atoms with Crippen molar-refractivity contribution in [3.05, 3.63) is 88.9 Å². The Kier molecular flexibility index (Phi) is 4.35. The smallest absolute Gasteiger partial charge is 0.256 e. The summed E-state index contributed by atoms with van der Waals surface area (Å²) >= 11 is 3.41. The highest BCUT2D eigenvalue weighted by Gasteiger charge is 2.12. The Morgan fingerprint density at radius 3 is 2.18 bits per heavy atom. The highest BCUT2D eigenvalue weighted by molar-refractivity contribution is 9.10. The Morgan fingerprint density at radius 2 is 1.41 bits per heavy atom. The molecule has 0 aliphatic carbocycles. The Balaban J connectivity index is 1.94. The lowest BCUT2D eigenvalue weighted by Crippen LogP contribution is -2.13. The van der Waals surface area contributed by atoms with Gasteiger partial charge in [0.15, 0.2) is 0 Å². The first-order valence-electron chi connectivity index (χ1n) is 6.96. The summed E-state index contributed by atoms with van der Waals surface area (Å²) in [4.78, 5) is 12.5. The summed E-state index contributed by atoms with van der Waals surface area (Å²) < 4.78 is 0.782. The average molecular weight is 352 g/mol. The van der Waals surface area contributed by atoms with Crippen LogP contribution in [-0.2, 0) is 0 Å². The van der Waals surface area contributed by atoms with Gasteiger partial charge in [-0.2, -0.15) is 0 Å². The van der Waals surface area contributed by atoms with Gasteiger partial charge in [-0.1, -0.05) is 60.7 Å². The van der Waals surface area contributed by atoms with Crippen molar-refractivity contribution in [2.24, 2.45) is 0 Å². The molecule has 0 aliphatic heterocycles. The maximum Gasteiger partial charge on any atom is 0.256 e. The van der Waals surface area contributed by atoms with E-state index in [0.717, 1.165) is 21.3 Å². The molecule has 0 heterocycles. The van der Waals surface area contributed by atoms with Gasteiger partial charge in [-0.05, 0) is 39.7 Å². The molecule has 3 aromatic rings. The van der Waals surface area contributed by atoms with Gasteiger partial charge in [0, 0.05) is 15.7 Å². The third-order valence-electron chi connectivity index (χ3n) is 3.38. The van der Waals surface area contributed by atoms with Crippen LogP contribution in [0.3, 0.4) is 0 Å². The number of rotatable bonds is 3. The predicted octanol–water partition coefficient (Wildman–Crippen LogP) is 5.37. The van der Waals surface area contributed by atoms with E-state index in [2.05, 4.69) is 21.2 Å². The molecular weight excluding hydrogens is 338 g/mol. The first-order chi connectivity index (χ1) is 10.8. The number of carbonyl (C=O) groups is 1. The van der Waals surface area contributed by atoms with Crippen LogP contribution in [-0.4, -0.2) is 5.91 Å². The predicted molar refractivity (Wildman–Crippen MR) is 94.0 cm³/mol. The summed E-state index contributed by atoms with van der Waals surface area (Å²) in [5.41, 5.74) is 3.49. The summed E-state index contributed by atoms with van der Waals surface area (Å²) in [6.07, 6.45) is 0. The number of hydrogen-bond donors (Lipinski definition) is 1. The van der Waals surface area contributed by atoms with Crippen molar-refractivity contribution in [1.82, 2.24) is 0 Å². The summed E-state index contributed by atoms with van der Waals surface area (Å²) in [5, 5.41) is 3.00. The molecular formula is C19H14BrNO. The summed E-state index contributed by atoms with van der Waals surface area (Å²) in [6.45, 7) is 0. The zero-order valence-corrected chi connectivity index (χ0v) is 13.4. The summed E-state index contributed by atoms with van der Waals surface area (Å²) in [5.74, 6) is -0.129. The van der Waals surface area contributed by atoms with Crippen molar-refractivity contribution in [1.29, 1.82) is 0 Å². The van der Waals surface area contributed by atoms with Crippen LogP contribution in [0.5, 0.6) is 0 Å². The van der Waals surface area contributed by atoms with Gasteiger partial charge in [0.2, 0.25) is 0 Å². The Morgan fingerprint density at radius 1 is 0.773 bits per heavy atom. The molecule has 0 unspecified atom stereocenters. The third-order valence-corrected chi connectivity index (χ3v) is 4.07. The van der Waals surface area contributed by atoms with E-state index in [1.165, 1.54) is 0 Å². The molecule has 0 spiro atoms. The fraction of sp³-hybridized carbons (Fsp3) is 0. The van der Waals surface area contributed by atoms with E-state index in [-0.39, 0.29) is 5.91 Å². The van der Waals surface area contributed by atoms with Gasteiger partial charge in [0.05, 0.1) is 5.56 Å². The molecule has 0 atom stereocenters. The molecule has 22 heavy (non-hydrogen) atoms. The zero-order chi connectivity index (χ0) is 15.4. The minimum absolute atomic E-state index is 0.129. The fourth-order valence-corrected chi connectivity index (χ4v) is 2.76. The fourth-order valence-electron chi connectivity index (χ4n) is 2.30. The van der Waals surface area contributed by atoms with Gasteiger partial charge in [0.25, 0.3) is 5.91 Å². The highest BCUT2D eigenvalue weighted by Crippen LogP contribution is 2.28. The van der Waals surface area contributed by atoms with Crippen LogP contribution in [0.1, 0.15) is 10.4 Å². The normalized spacial score (nSPS) is 10.2. The second-order valence-corrected chi connectivity index (χ2v) is 5.70. The van der Waals surface area contributed by atoms with Crippen LogP contribution in [0, 0.1) is 0 Å². The van der Waals surface area contributed by atoms with Crippen molar-refractivity contribution in [3.8, 4) is 11.1 Å². The van der Waals surface area contributed by atoms with Gasteiger partial charge in [-0.15, -0.1) is 0 Å². The van der Waals surface area contributed by atoms with Crippen LogP contribution in [0.15, 0.2) is 83.3 Å². The number of carbonyl (C=O) groups excluding carboxylic acids is 1. The lowest BCUT2D eigenvalue weighted by Gasteiger charge is -2.12. The number of halogens is 1. The number of anilines is 1. The van der Waals surface area contributed by atoms with Gasteiger partial charge in [0.1, 0.15) is 0 Å². The van der Waals surface area contributed by atoms with Crippen molar-refractivity contribution < 1.29 is 4.79 Å². The van der Waals surface area contributed by atoms with Crippen molar-refractivity contribution in [2.45, 2.75) is 0 Å². The number of para-hydroxylation sites is 1. The van der Waals surface area contributed by atoms with E-state index in [0.29, 0.717) is 5.56 Å². The molecule has 0 aliphatic rings. The number of amides is 1. The van der Waals surface area contributed by atoms with Gasteiger partial charge >= 0.3 is 0 Å². The molecule has 0 saturated heterocycles. The second kappa shape index (κ2) is 6.58.